The number of hydrogen-bond acceptors (Lipinski definition) is 2. The van der Waals surface area contributed by atoms with Crippen molar-refractivity contribution in [1.82, 2.24) is 5.32 Å². The van der Waals surface area contributed by atoms with E-state index in [4.69, 9.17) is 0 Å². The van der Waals surface area contributed by atoms with Gasteiger partial charge >= 0.3 is 0 Å². The largest absolute Gasteiger partial charge is 0.396 e. The minimum absolute atomic E-state index is 0.223. The third kappa shape index (κ3) is 2.60. The lowest BCUT2D eigenvalue weighted by Gasteiger charge is -2.30. The van der Waals surface area contributed by atoms with Crippen molar-refractivity contribution in [3.63, 3.8) is 0 Å². The molecular weight excluding hydrogens is 198 g/mol. The van der Waals surface area contributed by atoms with Crippen LogP contribution in [0.25, 0.3) is 0 Å². The van der Waals surface area contributed by atoms with E-state index in [1.54, 1.807) is 0 Å². The van der Waals surface area contributed by atoms with E-state index in [-0.39, 0.29) is 5.41 Å². The number of nitrogens with one attached hydrogen (secondary N) is 1. The summed E-state index contributed by atoms with van der Waals surface area (Å²) >= 11 is 0. The molecule has 94 valence electrons. The van der Waals surface area contributed by atoms with Crippen LogP contribution in [-0.4, -0.2) is 24.3 Å². The topological polar surface area (TPSA) is 32.3 Å². The van der Waals surface area contributed by atoms with Crippen molar-refractivity contribution in [2.75, 3.05) is 13.2 Å². The minimum Gasteiger partial charge on any atom is -0.396 e. The van der Waals surface area contributed by atoms with Crippen LogP contribution in [0, 0.1) is 11.3 Å². The Bertz CT molecular complexity index is 211. The van der Waals surface area contributed by atoms with Crippen LogP contribution in [0.15, 0.2) is 0 Å². The second kappa shape index (κ2) is 5.50. The molecule has 0 saturated heterocycles. The standard InChI is InChI=1S/C14H27NO/c1-2-12-6-5-7-13(12)15-10-14(11-16)8-3-4-9-14/h12-13,15-16H,2-11H2,1H3. The van der Waals surface area contributed by atoms with Gasteiger partial charge in [0, 0.05) is 24.6 Å². The maximum atomic E-state index is 9.57. The van der Waals surface area contributed by atoms with Gasteiger partial charge in [0.05, 0.1) is 0 Å². The number of hydrogen-bond donors (Lipinski definition) is 2. The van der Waals surface area contributed by atoms with Crippen molar-refractivity contribution >= 4 is 0 Å². The highest BCUT2D eigenvalue weighted by Gasteiger charge is 2.35. The Kier molecular flexibility index (Phi) is 4.26. The minimum atomic E-state index is 0.223. The first-order valence-electron chi connectivity index (χ1n) is 7.14. The van der Waals surface area contributed by atoms with Gasteiger partial charge in [0.2, 0.25) is 0 Å². The fourth-order valence-electron chi connectivity index (χ4n) is 3.66. The van der Waals surface area contributed by atoms with Gasteiger partial charge in [-0.1, -0.05) is 32.6 Å². The Morgan fingerprint density at radius 3 is 2.56 bits per heavy atom. The van der Waals surface area contributed by atoms with E-state index in [2.05, 4.69) is 12.2 Å². The smallest absolute Gasteiger partial charge is 0.0499 e. The lowest BCUT2D eigenvalue weighted by atomic mass is 9.86. The fraction of sp³-hybridized carbons (Fsp3) is 1.00. The molecule has 0 heterocycles. The third-order valence-electron chi connectivity index (χ3n) is 4.92. The van der Waals surface area contributed by atoms with E-state index in [0.29, 0.717) is 6.61 Å². The molecule has 2 rings (SSSR count). The van der Waals surface area contributed by atoms with Gasteiger partial charge in [0.15, 0.2) is 0 Å². The van der Waals surface area contributed by atoms with Crippen molar-refractivity contribution in [1.29, 1.82) is 0 Å². The summed E-state index contributed by atoms with van der Waals surface area (Å²) in [5.74, 6) is 0.886. The summed E-state index contributed by atoms with van der Waals surface area (Å²) in [6.45, 7) is 3.73. The van der Waals surface area contributed by atoms with Gasteiger partial charge in [0.25, 0.3) is 0 Å². The van der Waals surface area contributed by atoms with E-state index in [9.17, 15) is 5.11 Å². The van der Waals surface area contributed by atoms with Gasteiger partial charge in [-0.25, -0.2) is 0 Å². The zero-order valence-electron chi connectivity index (χ0n) is 10.7. The van der Waals surface area contributed by atoms with Crippen LogP contribution in [-0.2, 0) is 0 Å². The molecule has 2 fully saturated rings. The van der Waals surface area contributed by atoms with Crippen LogP contribution in [0.4, 0.5) is 0 Å². The van der Waals surface area contributed by atoms with Crippen molar-refractivity contribution in [3.05, 3.63) is 0 Å². The van der Waals surface area contributed by atoms with E-state index in [1.165, 1.54) is 51.4 Å². The molecular formula is C14H27NO. The molecule has 2 heteroatoms. The molecule has 0 amide bonds. The quantitative estimate of drug-likeness (QED) is 0.754. The zero-order chi connectivity index (χ0) is 11.4. The first-order chi connectivity index (χ1) is 7.79. The molecule has 16 heavy (non-hydrogen) atoms. The summed E-state index contributed by atoms with van der Waals surface area (Å²) < 4.78 is 0. The maximum Gasteiger partial charge on any atom is 0.0499 e. The van der Waals surface area contributed by atoms with E-state index in [0.717, 1.165) is 18.5 Å². The SMILES string of the molecule is CCC1CCCC1NCC1(CO)CCCC1. The normalized spacial score (nSPS) is 33.4. The lowest BCUT2D eigenvalue weighted by Crippen LogP contribution is -2.41. The Morgan fingerprint density at radius 1 is 1.19 bits per heavy atom. The first kappa shape index (κ1) is 12.4. The van der Waals surface area contributed by atoms with Crippen LogP contribution in [0.3, 0.4) is 0 Å². The molecule has 0 aliphatic heterocycles. The van der Waals surface area contributed by atoms with Gasteiger partial charge in [-0.15, -0.1) is 0 Å². The molecule has 2 unspecified atom stereocenters. The van der Waals surface area contributed by atoms with Crippen molar-refractivity contribution in [2.45, 2.75) is 64.3 Å². The molecule has 0 radical (unpaired) electrons. The van der Waals surface area contributed by atoms with Crippen LogP contribution in [0.2, 0.25) is 0 Å². The summed E-state index contributed by atoms with van der Waals surface area (Å²) in [6.07, 6.45) is 10.5. The Labute approximate surface area is 99.8 Å². The summed E-state index contributed by atoms with van der Waals surface area (Å²) in [5.41, 5.74) is 0.223. The Hall–Kier alpha value is -0.0800. The van der Waals surface area contributed by atoms with Gasteiger partial charge in [0.1, 0.15) is 0 Å². The summed E-state index contributed by atoms with van der Waals surface area (Å²) in [7, 11) is 0. The van der Waals surface area contributed by atoms with Crippen molar-refractivity contribution in [3.8, 4) is 0 Å². The molecule has 2 N–H and O–H groups in total. The molecule has 0 aromatic heterocycles. The average Bonchev–Trinajstić information content (AvgIpc) is 2.96. The first-order valence-corrected chi connectivity index (χ1v) is 7.14. The van der Waals surface area contributed by atoms with Crippen molar-refractivity contribution < 1.29 is 5.11 Å². The molecule has 2 nitrogen and oxygen atoms in total. The Balaban J connectivity index is 1.81. The van der Waals surface area contributed by atoms with Gasteiger partial charge < -0.3 is 10.4 Å². The van der Waals surface area contributed by atoms with E-state index in [1.807, 2.05) is 0 Å². The average molecular weight is 225 g/mol. The molecule has 2 aliphatic rings. The van der Waals surface area contributed by atoms with Gasteiger partial charge in [-0.3, -0.25) is 0 Å². The van der Waals surface area contributed by atoms with Crippen molar-refractivity contribution in [2.24, 2.45) is 11.3 Å². The van der Waals surface area contributed by atoms with E-state index >= 15 is 0 Å². The maximum absolute atomic E-state index is 9.57. The monoisotopic (exact) mass is 225 g/mol. The predicted octanol–water partition coefficient (Wildman–Crippen LogP) is 2.71. The van der Waals surface area contributed by atoms with Gasteiger partial charge in [-0.2, -0.15) is 0 Å². The zero-order valence-corrected chi connectivity index (χ0v) is 10.7. The molecule has 2 atom stereocenters. The third-order valence-corrected chi connectivity index (χ3v) is 4.92. The highest BCUT2D eigenvalue weighted by Crippen LogP contribution is 2.38. The van der Waals surface area contributed by atoms with E-state index < -0.39 is 0 Å². The van der Waals surface area contributed by atoms with Crippen LogP contribution in [0.5, 0.6) is 0 Å². The number of rotatable bonds is 5. The van der Waals surface area contributed by atoms with Crippen LogP contribution >= 0.6 is 0 Å². The van der Waals surface area contributed by atoms with Gasteiger partial charge in [-0.05, 0) is 31.6 Å². The second-order valence-corrected chi connectivity index (χ2v) is 5.95. The highest BCUT2D eigenvalue weighted by atomic mass is 16.3. The predicted molar refractivity (Wildman–Crippen MR) is 67.4 cm³/mol. The Morgan fingerprint density at radius 2 is 1.94 bits per heavy atom. The van der Waals surface area contributed by atoms with Crippen LogP contribution < -0.4 is 5.32 Å². The molecule has 0 bridgehead atoms. The molecule has 2 saturated carbocycles. The number of aliphatic hydroxyl groups excluding tert-OH is 1. The lowest BCUT2D eigenvalue weighted by molar-refractivity contribution is 0.122. The summed E-state index contributed by atoms with van der Waals surface area (Å²) in [5, 5.41) is 13.3. The summed E-state index contributed by atoms with van der Waals surface area (Å²) in [6, 6.07) is 0.731. The fourth-order valence-corrected chi connectivity index (χ4v) is 3.66. The molecule has 0 aromatic rings. The molecule has 2 aliphatic carbocycles. The van der Waals surface area contributed by atoms with Crippen LogP contribution in [0.1, 0.15) is 58.3 Å². The second-order valence-electron chi connectivity index (χ2n) is 5.95. The number of aliphatic hydroxyl groups is 1. The highest BCUT2D eigenvalue weighted by molar-refractivity contribution is 4.90. The molecule has 0 spiro atoms. The summed E-state index contributed by atoms with van der Waals surface area (Å²) in [4.78, 5) is 0. The molecule has 0 aromatic carbocycles.